The number of hydrogen-bond donors (Lipinski definition) is 2. The van der Waals surface area contributed by atoms with Crippen LogP contribution in [0.4, 0.5) is 4.79 Å². The van der Waals surface area contributed by atoms with E-state index in [4.69, 9.17) is 9.84 Å². The molecular weight excluding hydrogens is 336 g/mol. The Kier molecular flexibility index (Phi) is 5.80. The Balaban J connectivity index is 1.78. The van der Waals surface area contributed by atoms with Crippen LogP contribution in [0.3, 0.4) is 0 Å². The summed E-state index contributed by atoms with van der Waals surface area (Å²) in [6.45, 7) is 5.65. The number of benzene rings is 1. The number of carbonyl (C=O) groups is 1. The fourth-order valence-corrected chi connectivity index (χ4v) is 2.93. The van der Waals surface area contributed by atoms with Crippen LogP contribution in [-0.4, -0.2) is 74.4 Å². The molecule has 9 nitrogen and oxygen atoms in total. The quantitative estimate of drug-likeness (QED) is 0.807. The fourth-order valence-electron chi connectivity index (χ4n) is 2.93. The predicted molar refractivity (Wildman–Crippen MR) is 95.6 cm³/mol. The van der Waals surface area contributed by atoms with Gasteiger partial charge in [-0.05, 0) is 35.1 Å². The van der Waals surface area contributed by atoms with Crippen molar-refractivity contribution >= 4 is 18.2 Å². The molecule has 0 atom stereocenters. The van der Waals surface area contributed by atoms with Crippen LogP contribution >= 0.6 is 0 Å². The molecule has 138 valence electrons. The first kappa shape index (κ1) is 17.9. The highest BCUT2D eigenvalue weighted by Gasteiger charge is 2.22. The van der Waals surface area contributed by atoms with Crippen LogP contribution in [0.25, 0.3) is 12.2 Å². The Hall–Kier alpha value is -2.94. The van der Waals surface area contributed by atoms with E-state index in [1.54, 1.807) is 0 Å². The topological polar surface area (TPSA) is 107 Å². The molecule has 2 N–H and O–H groups in total. The van der Waals surface area contributed by atoms with Gasteiger partial charge in [-0.3, -0.25) is 4.90 Å². The maximum Gasteiger partial charge on any atom is 0.407 e. The molecule has 1 fully saturated rings. The van der Waals surface area contributed by atoms with Gasteiger partial charge in [-0.1, -0.05) is 18.2 Å². The number of tetrazole rings is 1. The monoisotopic (exact) mass is 358 g/mol. The number of carboxylic acid groups (broad SMARTS) is 1. The number of nitrogens with one attached hydrogen (secondary N) is 1. The van der Waals surface area contributed by atoms with E-state index in [1.165, 1.54) is 4.90 Å². The molecule has 1 aliphatic rings. The lowest BCUT2D eigenvalue weighted by Gasteiger charge is -2.33. The van der Waals surface area contributed by atoms with Crippen molar-refractivity contribution in [1.29, 1.82) is 0 Å². The van der Waals surface area contributed by atoms with E-state index >= 15 is 0 Å². The van der Waals surface area contributed by atoms with E-state index < -0.39 is 6.09 Å². The van der Waals surface area contributed by atoms with Gasteiger partial charge in [-0.25, -0.2) is 9.89 Å². The average molecular weight is 358 g/mol. The lowest BCUT2D eigenvalue weighted by Crippen LogP contribution is -2.47. The normalized spacial score (nSPS) is 15.5. The first-order chi connectivity index (χ1) is 12.7. The molecular formula is C17H22N6O3. The summed E-state index contributed by atoms with van der Waals surface area (Å²) < 4.78 is 5.80. The summed E-state index contributed by atoms with van der Waals surface area (Å²) in [5.74, 6) is 1.42. The molecule has 9 heteroatoms. The van der Waals surface area contributed by atoms with Crippen LogP contribution in [0.1, 0.15) is 23.9 Å². The van der Waals surface area contributed by atoms with Crippen molar-refractivity contribution in [2.75, 3.05) is 32.8 Å². The van der Waals surface area contributed by atoms with Gasteiger partial charge < -0.3 is 14.7 Å². The summed E-state index contributed by atoms with van der Waals surface area (Å²) in [4.78, 5) is 14.8. The number of hydrogen-bond acceptors (Lipinski definition) is 6. The fraction of sp³-hybridized carbons (Fsp3) is 0.412. The largest absolute Gasteiger partial charge is 0.494 e. The number of nitrogens with zero attached hydrogens (tertiary/aromatic N) is 5. The predicted octanol–water partition coefficient (Wildman–Crippen LogP) is 1.56. The van der Waals surface area contributed by atoms with Crippen LogP contribution < -0.4 is 4.74 Å². The van der Waals surface area contributed by atoms with E-state index in [0.29, 0.717) is 45.2 Å². The molecule has 0 radical (unpaired) electrons. The van der Waals surface area contributed by atoms with E-state index in [0.717, 1.165) is 16.9 Å². The van der Waals surface area contributed by atoms with Crippen LogP contribution in [0.15, 0.2) is 18.2 Å². The molecule has 3 rings (SSSR count). The van der Waals surface area contributed by atoms with Crippen molar-refractivity contribution in [1.82, 2.24) is 30.4 Å². The molecule has 0 saturated carbocycles. The van der Waals surface area contributed by atoms with E-state index in [2.05, 4.69) is 25.5 Å². The molecule has 1 amide bonds. The first-order valence-electron chi connectivity index (χ1n) is 8.54. The highest BCUT2D eigenvalue weighted by Crippen LogP contribution is 2.26. The molecule has 1 aromatic heterocycles. The number of amides is 1. The molecule has 2 aromatic rings. The van der Waals surface area contributed by atoms with Gasteiger partial charge in [-0.2, -0.15) is 0 Å². The van der Waals surface area contributed by atoms with E-state index in [9.17, 15) is 4.79 Å². The Morgan fingerprint density at radius 1 is 1.31 bits per heavy atom. The number of rotatable bonds is 6. The lowest BCUT2D eigenvalue weighted by atomic mass is 10.0. The molecule has 0 unspecified atom stereocenters. The zero-order valence-corrected chi connectivity index (χ0v) is 14.6. The minimum Gasteiger partial charge on any atom is -0.494 e. The smallest absolute Gasteiger partial charge is 0.407 e. The van der Waals surface area contributed by atoms with Crippen molar-refractivity contribution in [3.63, 3.8) is 0 Å². The van der Waals surface area contributed by atoms with E-state index in [-0.39, 0.29) is 0 Å². The summed E-state index contributed by atoms with van der Waals surface area (Å²) in [6, 6.07) is 5.93. The second-order valence-electron chi connectivity index (χ2n) is 5.92. The van der Waals surface area contributed by atoms with Crippen LogP contribution in [0.5, 0.6) is 5.75 Å². The second kappa shape index (κ2) is 8.43. The molecule has 0 spiro atoms. The number of H-pyrrole nitrogens is 1. The number of ether oxygens (including phenoxy) is 1. The summed E-state index contributed by atoms with van der Waals surface area (Å²) in [7, 11) is 0. The molecule has 26 heavy (non-hydrogen) atoms. The number of aromatic amines is 1. The highest BCUT2D eigenvalue weighted by atomic mass is 16.5. The standard InChI is InChI=1S/C17H22N6O3/c1-2-26-15-5-3-4-13(6-7-16-18-20-21-19-16)14(15)12-22-8-10-23(11-9-22)17(24)25/h3-7H,2,8-12H2,1H3,(H,24,25)(H,18,19,20,21). The van der Waals surface area contributed by atoms with Crippen molar-refractivity contribution < 1.29 is 14.6 Å². The SMILES string of the molecule is CCOc1cccc(C=Cc2nnn[nH]2)c1CN1CCN(C(=O)O)CC1. The van der Waals surface area contributed by atoms with Crippen molar-refractivity contribution in [3.05, 3.63) is 35.2 Å². The summed E-state index contributed by atoms with van der Waals surface area (Å²) >= 11 is 0. The van der Waals surface area contributed by atoms with Gasteiger partial charge in [0.1, 0.15) is 5.75 Å². The van der Waals surface area contributed by atoms with Gasteiger partial charge in [0.05, 0.1) is 6.61 Å². The zero-order valence-electron chi connectivity index (χ0n) is 14.6. The average Bonchev–Trinajstić information content (AvgIpc) is 3.16. The summed E-state index contributed by atoms with van der Waals surface area (Å²) in [6.07, 6.45) is 2.91. The van der Waals surface area contributed by atoms with Gasteiger partial charge >= 0.3 is 6.09 Å². The summed E-state index contributed by atoms with van der Waals surface area (Å²) in [5.41, 5.74) is 2.09. The zero-order chi connectivity index (χ0) is 18.4. The lowest BCUT2D eigenvalue weighted by molar-refractivity contribution is 0.102. The molecule has 1 aliphatic heterocycles. The third kappa shape index (κ3) is 4.37. The van der Waals surface area contributed by atoms with Gasteiger partial charge in [0.25, 0.3) is 0 Å². The van der Waals surface area contributed by atoms with Crippen LogP contribution in [-0.2, 0) is 6.54 Å². The molecule has 2 heterocycles. The number of aromatic nitrogens is 4. The van der Waals surface area contributed by atoms with Crippen molar-refractivity contribution in [2.45, 2.75) is 13.5 Å². The van der Waals surface area contributed by atoms with Crippen LogP contribution in [0, 0.1) is 0 Å². The number of piperazine rings is 1. The second-order valence-corrected chi connectivity index (χ2v) is 5.92. The molecule has 1 saturated heterocycles. The van der Waals surface area contributed by atoms with Crippen LogP contribution in [0.2, 0.25) is 0 Å². The third-order valence-electron chi connectivity index (χ3n) is 4.28. The molecule has 0 bridgehead atoms. The minimum atomic E-state index is -0.858. The Bertz CT molecular complexity index is 754. The molecule has 1 aromatic carbocycles. The highest BCUT2D eigenvalue weighted by molar-refractivity contribution is 5.70. The van der Waals surface area contributed by atoms with E-state index in [1.807, 2.05) is 37.3 Å². The maximum absolute atomic E-state index is 11.1. The molecule has 0 aliphatic carbocycles. The third-order valence-corrected chi connectivity index (χ3v) is 4.28. The Morgan fingerprint density at radius 3 is 2.77 bits per heavy atom. The van der Waals surface area contributed by atoms with Gasteiger partial charge in [0, 0.05) is 38.3 Å². The van der Waals surface area contributed by atoms with Crippen molar-refractivity contribution in [3.8, 4) is 5.75 Å². The minimum absolute atomic E-state index is 0.515. The Labute approximate surface area is 151 Å². The van der Waals surface area contributed by atoms with Gasteiger partial charge in [-0.15, -0.1) is 5.10 Å². The van der Waals surface area contributed by atoms with Gasteiger partial charge in [0.15, 0.2) is 5.82 Å². The Morgan fingerprint density at radius 2 is 2.12 bits per heavy atom. The van der Waals surface area contributed by atoms with Gasteiger partial charge in [0.2, 0.25) is 0 Å². The maximum atomic E-state index is 11.1. The summed E-state index contributed by atoms with van der Waals surface area (Å²) in [5, 5.41) is 22.8. The first-order valence-corrected chi connectivity index (χ1v) is 8.54. The van der Waals surface area contributed by atoms with Crippen molar-refractivity contribution in [2.24, 2.45) is 0 Å².